The molecular formula is C28H41N5O4S. The zero-order valence-corrected chi connectivity index (χ0v) is 24.1. The SMILES string of the molecule is CC(C)C[C@H](C(=O)NC(=O)[C@@H]1CCCC[C@@H]1NC(=O)c1ccc(CN(C)C)cc1)c1nnc(SC(C)C)o1. The molecule has 0 saturated heterocycles. The van der Waals surface area contributed by atoms with Crippen LogP contribution in [0.3, 0.4) is 0 Å². The van der Waals surface area contributed by atoms with Crippen molar-refractivity contribution in [1.82, 2.24) is 25.7 Å². The van der Waals surface area contributed by atoms with Crippen molar-refractivity contribution in [3.05, 3.63) is 41.3 Å². The van der Waals surface area contributed by atoms with E-state index in [1.165, 1.54) is 11.8 Å². The minimum Gasteiger partial charge on any atom is -0.415 e. The number of carbonyl (C=O) groups is 3. The number of nitrogens with one attached hydrogen (secondary N) is 2. The number of rotatable bonds is 11. The molecule has 9 nitrogen and oxygen atoms in total. The summed E-state index contributed by atoms with van der Waals surface area (Å²) in [6.07, 6.45) is 3.55. The van der Waals surface area contributed by atoms with Crippen molar-refractivity contribution in [2.75, 3.05) is 14.1 Å². The summed E-state index contributed by atoms with van der Waals surface area (Å²) in [4.78, 5) is 41.6. The van der Waals surface area contributed by atoms with Crippen molar-refractivity contribution >= 4 is 29.5 Å². The first-order valence-corrected chi connectivity index (χ1v) is 14.3. The van der Waals surface area contributed by atoms with Crippen LogP contribution in [0, 0.1) is 11.8 Å². The molecule has 3 atom stereocenters. The normalized spacial score (nSPS) is 18.6. The molecule has 1 aliphatic carbocycles. The third-order valence-electron chi connectivity index (χ3n) is 6.46. The van der Waals surface area contributed by atoms with Crippen molar-refractivity contribution in [3.63, 3.8) is 0 Å². The molecule has 2 N–H and O–H groups in total. The van der Waals surface area contributed by atoms with Crippen molar-refractivity contribution in [1.29, 1.82) is 0 Å². The van der Waals surface area contributed by atoms with Gasteiger partial charge in [0, 0.05) is 23.4 Å². The molecule has 3 amide bonds. The Balaban J connectivity index is 1.67. The standard InChI is InChI=1S/C28H41N5O4S/c1-17(2)15-22(27-31-32-28(37-27)38-18(3)4)26(36)30-25(35)21-9-7-8-10-23(21)29-24(34)20-13-11-19(12-14-20)16-33(5)6/h11-14,17-18,21-23H,7-10,15-16H2,1-6H3,(H,29,34)(H,30,35,36)/t21-,22-,23+/m1/s1. The predicted molar refractivity (Wildman–Crippen MR) is 148 cm³/mol. The van der Waals surface area contributed by atoms with E-state index in [0.29, 0.717) is 30.0 Å². The van der Waals surface area contributed by atoms with E-state index in [2.05, 4.69) is 25.7 Å². The molecule has 2 aromatic rings. The van der Waals surface area contributed by atoms with Gasteiger partial charge in [-0.2, -0.15) is 0 Å². The fourth-order valence-electron chi connectivity index (χ4n) is 4.70. The Kier molecular flexibility index (Phi) is 10.9. The Hall–Kier alpha value is -2.72. The minimum absolute atomic E-state index is 0.180. The molecule has 1 heterocycles. The second-order valence-electron chi connectivity index (χ2n) is 11.0. The van der Waals surface area contributed by atoms with Crippen LogP contribution >= 0.6 is 11.8 Å². The van der Waals surface area contributed by atoms with Crippen molar-refractivity contribution in [2.45, 2.75) is 88.8 Å². The van der Waals surface area contributed by atoms with Crippen LogP contribution in [-0.2, 0) is 16.1 Å². The van der Waals surface area contributed by atoms with Gasteiger partial charge in [-0.1, -0.05) is 64.4 Å². The van der Waals surface area contributed by atoms with Crippen molar-refractivity contribution in [2.24, 2.45) is 11.8 Å². The number of imide groups is 1. The number of aromatic nitrogens is 2. The summed E-state index contributed by atoms with van der Waals surface area (Å²) in [6.45, 7) is 8.83. The molecule has 1 fully saturated rings. The monoisotopic (exact) mass is 543 g/mol. The zero-order chi connectivity index (χ0) is 27.8. The van der Waals surface area contributed by atoms with Crippen molar-refractivity contribution in [3.8, 4) is 0 Å². The van der Waals surface area contributed by atoms with E-state index < -0.39 is 17.7 Å². The molecule has 10 heteroatoms. The van der Waals surface area contributed by atoms with E-state index in [9.17, 15) is 14.4 Å². The van der Waals surface area contributed by atoms with Gasteiger partial charge in [0.2, 0.25) is 17.7 Å². The highest BCUT2D eigenvalue weighted by Gasteiger charge is 2.35. The molecule has 1 aromatic carbocycles. The van der Waals surface area contributed by atoms with Gasteiger partial charge >= 0.3 is 0 Å². The molecule has 0 aliphatic heterocycles. The Labute approximate surface area is 229 Å². The first kappa shape index (κ1) is 29.8. The fourth-order valence-corrected chi connectivity index (χ4v) is 5.32. The molecule has 38 heavy (non-hydrogen) atoms. The topological polar surface area (TPSA) is 117 Å². The molecular weight excluding hydrogens is 502 g/mol. The van der Waals surface area contributed by atoms with Gasteiger partial charge in [-0.15, -0.1) is 10.2 Å². The number of hydrogen-bond acceptors (Lipinski definition) is 8. The summed E-state index contributed by atoms with van der Waals surface area (Å²) in [5, 5.41) is 14.5. The van der Waals surface area contributed by atoms with Gasteiger partial charge in [0.25, 0.3) is 11.1 Å². The highest BCUT2D eigenvalue weighted by molar-refractivity contribution is 7.99. The van der Waals surface area contributed by atoms with Crippen LogP contribution in [0.5, 0.6) is 0 Å². The van der Waals surface area contributed by atoms with Gasteiger partial charge in [-0.25, -0.2) is 0 Å². The summed E-state index contributed by atoms with van der Waals surface area (Å²) in [7, 11) is 3.99. The molecule has 0 radical (unpaired) electrons. The van der Waals surface area contributed by atoms with Gasteiger partial charge in [0.1, 0.15) is 5.92 Å². The van der Waals surface area contributed by atoms with E-state index in [1.54, 1.807) is 0 Å². The van der Waals surface area contributed by atoms with Crippen LogP contribution in [0.2, 0.25) is 0 Å². The van der Waals surface area contributed by atoms with Crippen LogP contribution in [-0.4, -0.2) is 58.2 Å². The number of carbonyl (C=O) groups excluding carboxylic acids is 3. The predicted octanol–water partition coefficient (Wildman–Crippen LogP) is 4.39. The molecule has 1 saturated carbocycles. The smallest absolute Gasteiger partial charge is 0.276 e. The molecule has 0 spiro atoms. The molecule has 3 rings (SSSR count). The second kappa shape index (κ2) is 13.9. The summed E-state index contributed by atoms with van der Waals surface area (Å²) >= 11 is 1.43. The van der Waals surface area contributed by atoms with E-state index in [1.807, 2.05) is 66.1 Å². The van der Waals surface area contributed by atoms with Crippen molar-refractivity contribution < 1.29 is 18.8 Å². The number of nitrogens with zero attached hydrogens (tertiary/aromatic N) is 3. The average Bonchev–Trinajstić information content (AvgIpc) is 3.30. The zero-order valence-electron chi connectivity index (χ0n) is 23.3. The minimum atomic E-state index is -0.717. The third kappa shape index (κ3) is 8.66. The molecule has 1 aliphatic rings. The largest absolute Gasteiger partial charge is 0.415 e. The van der Waals surface area contributed by atoms with Crippen LogP contribution in [0.15, 0.2) is 33.9 Å². The van der Waals surface area contributed by atoms with Crippen LogP contribution < -0.4 is 10.6 Å². The Morgan fingerprint density at radius 2 is 1.74 bits per heavy atom. The maximum absolute atomic E-state index is 13.3. The van der Waals surface area contributed by atoms with E-state index in [0.717, 1.165) is 24.9 Å². The first-order chi connectivity index (χ1) is 18.0. The summed E-state index contributed by atoms with van der Waals surface area (Å²) in [6, 6.07) is 7.16. The highest BCUT2D eigenvalue weighted by atomic mass is 32.2. The summed E-state index contributed by atoms with van der Waals surface area (Å²) in [5.74, 6) is -1.83. The average molecular weight is 544 g/mol. The lowest BCUT2D eigenvalue weighted by Crippen LogP contribution is -2.50. The second-order valence-corrected chi connectivity index (χ2v) is 12.5. The summed E-state index contributed by atoms with van der Waals surface area (Å²) in [5.41, 5.74) is 1.67. The Bertz CT molecular complexity index is 1080. The molecule has 1 aromatic heterocycles. The lowest BCUT2D eigenvalue weighted by atomic mass is 9.83. The Morgan fingerprint density at radius 3 is 2.37 bits per heavy atom. The molecule has 208 valence electrons. The van der Waals surface area contributed by atoms with E-state index in [4.69, 9.17) is 4.42 Å². The van der Waals surface area contributed by atoms with Gasteiger partial charge < -0.3 is 14.6 Å². The van der Waals surface area contributed by atoms with E-state index >= 15 is 0 Å². The molecule has 0 unspecified atom stereocenters. The number of amides is 3. The highest BCUT2D eigenvalue weighted by Crippen LogP contribution is 2.29. The van der Waals surface area contributed by atoms with Gasteiger partial charge in [0.15, 0.2) is 0 Å². The number of benzene rings is 1. The van der Waals surface area contributed by atoms with Gasteiger partial charge in [-0.3, -0.25) is 19.7 Å². The van der Waals surface area contributed by atoms with Gasteiger partial charge in [-0.05, 0) is 57.0 Å². The van der Waals surface area contributed by atoms with Crippen LogP contribution in [0.25, 0.3) is 0 Å². The van der Waals surface area contributed by atoms with E-state index in [-0.39, 0.29) is 34.9 Å². The third-order valence-corrected chi connectivity index (χ3v) is 7.30. The Morgan fingerprint density at radius 1 is 1.05 bits per heavy atom. The maximum Gasteiger partial charge on any atom is 0.276 e. The van der Waals surface area contributed by atoms with Gasteiger partial charge in [0.05, 0.1) is 5.92 Å². The lowest BCUT2D eigenvalue weighted by molar-refractivity contribution is -0.135. The quantitative estimate of drug-likeness (QED) is 0.401. The maximum atomic E-state index is 13.3. The number of hydrogen-bond donors (Lipinski definition) is 2. The molecule has 0 bridgehead atoms. The fraction of sp³-hybridized carbons (Fsp3) is 0.607. The van der Waals surface area contributed by atoms with Crippen LogP contribution in [0.4, 0.5) is 0 Å². The summed E-state index contributed by atoms with van der Waals surface area (Å²) < 4.78 is 5.77. The number of thioether (sulfide) groups is 1. The first-order valence-electron chi connectivity index (χ1n) is 13.4. The van der Waals surface area contributed by atoms with Crippen LogP contribution in [0.1, 0.15) is 87.5 Å². The lowest BCUT2D eigenvalue weighted by Gasteiger charge is -2.31.